The Labute approximate surface area is 188 Å². The number of hydrogen-bond acceptors (Lipinski definition) is 4. The summed E-state index contributed by atoms with van der Waals surface area (Å²) >= 11 is 0. The number of nitrogens with one attached hydrogen (secondary N) is 1. The normalized spacial score (nSPS) is 13.4. The zero-order valence-electron chi connectivity index (χ0n) is 18.9. The molecule has 166 valence electrons. The Morgan fingerprint density at radius 2 is 1.66 bits per heavy atom. The molecule has 0 radical (unpaired) electrons. The summed E-state index contributed by atoms with van der Waals surface area (Å²) in [5, 5.41) is 7.53. The van der Waals surface area contributed by atoms with Gasteiger partial charge in [-0.1, -0.05) is 42.5 Å². The van der Waals surface area contributed by atoms with Crippen LogP contribution in [0.1, 0.15) is 42.4 Å². The minimum absolute atomic E-state index is 0.218. The lowest BCUT2D eigenvalue weighted by atomic mass is 10.0. The maximum atomic E-state index is 12.9. The van der Waals surface area contributed by atoms with Crippen LogP contribution in [-0.2, 0) is 24.8 Å². The van der Waals surface area contributed by atoms with Crippen molar-refractivity contribution in [3.63, 3.8) is 0 Å². The lowest BCUT2D eigenvalue weighted by Gasteiger charge is -2.29. The Kier molecular flexibility index (Phi) is 5.74. The van der Waals surface area contributed by atoms with Crippen molar-refractivity contribution in [2.24, 2.45) is 7.05 Å². The van der Waals surface area contributed by atoms with Gasteiger partial charge in [0.15, 0.2) is 0 Å². The van der Waals surface area contributed by atoms with Crippen molar-refractivity contribution >= 4 is 17.8 Å². The number of rotatable bonds is 3. The van der Waals surface area contributed by atoms with E-state index in [0.29, 0.717) is 30.9 Å². The number of benzene rings is 2. The molecule has 7 nitrogen and oxygen atoms in total. The van der Waals surface area contributed by atoms with Gasteiger partial charge in [0.25, 0.3) is 5.91 Å². The van der Waals surface area contributed by atoms with Crippen LogP contribution in [-0.4, -0.2) is 38.8 Å². The van der Waals surface area contributed by atoms with E-state index in [4.69, 9.17) is 4.74 Å². The van der Waals surface area contributed by atoms with Crippen molar-refractivity contribution in [3.8, 4) is 11.1 Å². The van der Waals surface area contributed by atoms with Gasteiger partial charge in [-0.3, -0.25) is 9.48 Å². The van der Waals surface area contributed by atoms with Crippen molar-refractivity contribution in [2.45, 2.75) is 39.3 Å². The number of fused-ring (bicyclic) bond motifs is 1. The number of hydrogen-bond donors (Lipinski definition) is 1. The molecular weight excluding hydrogens is 404 g/mol. The van der Waals surface area contributed by atoms with E-state index in [1.807, 2.05) is 75.4 Å². The molecule has 3 aromatic rings. The van der Waals surface area contributed by atoms with Crippen molar-refractivity contribution in [2.75, 3.05) is 11.9 Å². The first kappa shape index (κ1) is 21.6. The van der Waals surface area contributed by atoms with Crippen molar-refractivity contribution in [1.82, 2.24) is 14.7 Å². The summed E-state index contributed by atoms with van der Waals surface area (Å²) in [4.78, 5) is 27.1. The van der Waals surface area contributed by atoms with Gasteiger partial charge in [0, 0.05) is 31.1 Å². The van der Waals surface area contributed by atoms with Gasteiger partial charge < -0.3 is 15.0 Å². The van der Waals surface area contributed by atoms with Crippen LogP contribution in [0.4, 0.5) is 10.6 Å². The number of aromatic nitrogens is 2. The summed E-state index contributed by atoms with van der Waals surface area (Å²) in [7, 11) is 1.80. The third kappa shape index (κ3) is 4.66. The topological polar surface area (TPSA) is 76.5 Å². The van der Waals surface area contributed by atoms with Gasteiger partial charge in [-0.15, -0.1) is 0 Å². The van der Waals surface area contributed by atoms with E-state index < -0.39 is 5.60 Å². The Morgan fingerprint density at radius 1 is 1.00 bits per heavy atom. The molecule has 1 aliphatic rings. The Hall–Kier alpha value is -3.61. The predicted octanol–water partition coefficient (Wildman–Crippen LogP) is 4.63. The molecule has 2 aromatic carbocycles. The fourth-order valence-electron chi connectivity index (χ4n) is 3.76. The highest BCUT2D eigenvalue weighted by Gasteiger charge is 2.30. The molecule has 7 heteroatoms. The average Bonchev–Trinajstić information content (AvgIpc) is 3.07. The van der Waals surface area contributed by atoms with E-state index in [0.717, 1.165) is 22.4 Å². The SMILES string of the molecule is Cn1nc2c(c1NC(=O)c1ccc(-c3ccccc3)cc1)CN(C(=O)OC(C)(C)C)CC2. The summed E-state index contributed by atoms with van der Waals surface area (Å²) in [5.74, 6) is 0.384. The second-order valence-corrected chi connectivity index (χ2v) is 8.95. The summed E-state index contributed by atoms with van der Waals surface area (Å²) < 4.78 is 7.18. The monoisotopic (exact) mass is 432 g/mol. The van der Waals surface area contributed by atoms with Gasteiger partial charge in [-0.25, -0.2) is 4.79 Å². The quantitative estimate of drug-likeness (QED) is 0.655. The smallest absolute Gasteiger partial charge is 0.410 e. The molecule has 2 amide bonds. The molecule has 0 saturated carbocycles. The Balaban J connectivity index is 1.50. The van der Waals surface area contributed by atoms with Crippen molar-refractivity contribution in [1.29, 1.82) is 0 Å². The van der Waals surface area contributed by atoms with Crippen LogP contribution in [0.25, 0.3) is 11.1 Å². The van der Waals surface area contributed by atoms with Gasteiger partial charge in [0.05, 0.1) is 12.2 Å². The molecule has 0 spiro atoms. The van der Waals surface area contributed by atoms with E-state index >= 15 is 0 Å². The van der Waals surface area contributed by atoms with Gasteiger partial charge in [-0.05, 0) is 44.0 Å². The van der Waals surface area contributed by atoms with Crippen molar-refractivity contribution < 1.29 is 14.3 Å². The van der Waals surface area contributed by atoms with Gasteiger partial charge >= 0.3 is 6.09 Å². The largest absolute Gasteiger partial charge is 0.444 e. The van der Waals surface area contributed by atoms with Crippen LogP contribution >= 0.6 is 0 Å². The highest BCUT2D eigenvalue weighted by molar-refractivity contribution is 6.04. The zero-order chi connectivity index (χ0) is 22.9. The first-order valence-electron chi connectivity index (χ1n) is 10.7. The molecule has 0 saturated heterocycles. The first-order chi connectivity index (χ1) is 15.2. The number of carbonyl (C=O) groups is 2. The highest BCUT2D eigenvalue weighted by atomic mass is 16.6. The molecular formula is C25H28N4O3. The van der Waals surface area contributed by atoms with Crippen molar-refractivity contribution in [3.05, 3.63) is 71.4 Å². The number of amides is 2. The number of carbonyl (C=O) groups excluding carboxylic acids is 2. The fourth-order valence-corrected chi connectivity index (χ4v) is 3.76. The van der Waals surface area contributed by atoms with E-state index in [1.54, 1.807) is 16.6 Å². The highest BCUT2D eigenvalue weighted by Crippen LogP contribution is 2.27. The molecule has 1 aromatic heterocycles. The number of anilines is 1. The summed E-state index contributed by atoms with van der Waals surface area (Å²) in [5.41, 5.74) is 3.88. The summed E-state index contributed by atoms with van der Waals surface area (Å²) in [6.07, 6.45) is 0.255. The lowest BCUT2D eigenvalue weighted by Crippen LogP contribution is -2.40. The Morgan fingerprint density at radius 3 is 2.31 bits per heavy atom. The van der Waals surface area contributed by atoms with Crippen LogP contribution in [0.5, 0.6) is 0 Å². The average molecular weight is 433 g/mol. The predicted molar refractivity (Wildman–Crippen MR) is 123 cm³/mol. The first-order valence-corrected chi connectivity index (χ1v) is 10.7. The lowest BCUT2D eigenvalue weighted by molar-refractivity contribution is 0.0224. The molecule has 4 rings (SSSR count). The zero-order valence-corrected chi connectivity index (χ0v) is 18.9. The van der Waals surface area contributed by atoms with Gasteiger partial charge in [-0.2, -0.15) is 5.10 Å². The van der Waals surface area contributed by atoms with Crippen LogP contribution in [0.15, 0.2) is 54.6 Å². The second kappa shape index (κ2) is 8.49. The molecule has 0 atom stereocenters. The minimum Gasteiger partial charge on any atom is -0.444 e. The Bertz CT molecular complexity index is 1130. The maximum absolute atomic E-state index is 12.9. The number of aryl methyl sites for hydroxylation is 1. The van der Waals surface area contributed by atoms with Gasteiger partial charge in [0.2, 0.25) is 0 Å². The fraction of sp³-hybridized carbons (Fsp3) is 0.320. The third-order valence-electron chi connectivity index (χ3n) is 5.33. The minimum atomic E-state index is -0.560. The van der Waals surface area contributed by atoms with E-state index in [9.17, 15) is 9.59 Å². The summed E-state index contributed by atoms with van der Waals surface area (Å²) in [6, 6.07) is 17.5. The molecule has 0 aliphatic carbocycles. The van der Waals surface area contributed by atoms with E-state index in [1.165, 1.54) is 0 Å². The molecule has 2 heterocycles. The molecule has 0 bridgehead atoms. The number of ether oxygens (including phenoxy) is 1. The summed E-state index contributed by atoms with van der Waals surface area (Å²) in [6.45, 7) is 6.42. The van der Waals surface area contributed by atoms with E-state index in [-0.39, 0.29) is 12.0 Å². The molecule has 0 unspecified atom stereocenters. The molecule has 1 N–H and O–H groups in total. The van der Waals surface area contributed by atoms with Gasteiger partial charge in [0.1, 0.15) is 11.4 Å². The maximum Gasteiger partial charge on any atom is 0.410 e. The van der Waals surface area contributed by atoms with Crippen LogP contribution in [0.3, 0.4) is 0 Å². The molecule has 0 fully saturated rings. The van der Waals surface area contributed by atoms with Crippen LogP contribution in [0, 0.1) is 0 Å². The van der Waals surface area contributed by atoms with Crippen LogP contribution in [0.2, 0.25) is 0 Å². The third-order valence-corrected chi connectivity index (χ3v) is 5.33. The second-order valence-electron chi connectivity index (χ2n) is 8.95. The van der Waals surface area contributed by atoms with E-state index in [2.05, 4.69) is 10.4 Å². The van der Waals surface area contributed by atoms with Crippen LogP contribution < -0.4 is 5.32 Å². The molecule has 32 heavy (non-hydrogen) atoms. The number of nitrogens with zero attached hydrogens (tertiary/aromatic N) is 3. The molecule has 1 aliphatic heterocycles. The standard InChI is InChI=1S/C25H28N4O3/c1-25(2,3)32-24(31)29-15-14-21-20(16-29)22(28(4)27-21)26-23(30)19-12-10-18(11-13-19)17-8-6-5-7-9-17/h5-13H,14-16H2,1-4H3,(H,26,30).